The third kappa shape index (κ3) is 4.82. The van der Waals surface area contributed by atoms with E-state index in [2.05, 4.69) is 10.6 Å². The van der Waals surface area contributed by atoms with Gasteiger partial charge in [-0.2, -0.15) is 0 Å². The van der Waals surface area contributed by atoms with Crippen LogP contribution in [0.15, 0.2) is 0 Å². The van der Waals surface area contributed by atoms with Gasteiger partial charge in [-0.1, -0.05) is 0 Å². The van der Waals surface area contributed by atoms with Crippen molar-refractivity contribution in [2.75, 3.05) is 13.2 Å². The lowest BCUT2D eigenvalue weighted by molar-refractivity contribution is -0.142. The Balaban J connectivity index is 2.50. The number of rotatable bonds is 4. The van der Waals surface area contributed by atoms with Gasteiger partial charge in [0.15, 0.2) is 0 Å². The minimum atomic E-state index is -1.08. The van der Waals surface area contributed by atoms with E-state index >= 15 is 0 Å². The molecule has 1 unspecified atom stereocenters. The molecule has 1 rings (SSSR count). The molecule has 0 aromatic carbocycles. The second-order valence-corrected chi connectivity index (χ2v) is 6.67. The maximum atomic E-state index is 12.1. The van der Waals surface area contributed by atoms with E-state index in [1.165, 1.54) is 0 Å². The molecule has 1 fully saturated rings. The molecular formula is C14H26N2O3. The first-order chi connectivity index (χ1) is 8.63. The standard InChI is InChI=1S/C14H26N2O3/c1-13(2,3)16-12(18)14(4,5)11(17)15-9-10-7-6-8-19-10/h10H,6-9H2,1-5H3,(H,15,17)(H,16,18). The van der Waals surface area contributed by atoms with Gasteiger partial charge in [0.25, 0.3) is 0 Å². The first-order valence-electron chi connectivity index (χ1n) is 6.85. The fraction of sp³-hybridized carbons (Fsp3) is 0.857. The van der Waals surface area contributed by atoms with Crippen molar-refractivity contribution in [1.29, 1.82) is 0 Å². The smallest absolute Gasteiger partial charge is 0.235 e. The summed E-state index contributed by atoms with van der Waals surface area (Å²) in [4.78, 5) is 24.2. The van der Waals surface area contributed by atoms with E-state index in [1.54, 1.807) is 13.8 Å². The Morgan fingerprint density at radius 2 is 1.79 bits per heavy atom. The van der Waals surface area contributed by atoms with Crippen LogP contribution in [0.3, 0.4) is 0 Å². The molecule has 0 spiro atoms. The van der Waals surface area contributed by atoms with Gasteiger partial charge in [0.1, 0.15) is 5.41 Å². The average Bonchev–Trinajstić information content (AvgIpc) is 2.76. The molecule has 0 bridgehead atoms. The van der Waals surface area contributed by atoms with Crippen molar-refractivity contribution in [3.63, 3.8) is 0 Å². The van der Waals surface area contributed by atoms with Crippen molar-refractivity contribution in [3.05, 3.63) is 0 Å². The lowest BCUT2D eigenvalue weighted by atomic mass is 9.89. The fourth-order valence-corrected chi connectivity index (χ4v) is 1.83. The molecule has 0 aliphatic carbocycles. The van der Waals surface area contributed by atoms with Gasteiger partial charge in [0.2, 0.25) is 11.8 Å². The Morgan fingerprint density at radius 3 is 2.26 bits per heavy atom. The zero-order valence-electron chi connectivity index (χ0n) is 12.6. The number of hydrogen-bond acceptors (Lipinski definition) is 3. The molecule has 2 N–H and O–H groups in total. The molecule has 5 heteroatoms. The number of nitrogens with one attached hydrogen (secondary N) is 2. The van der Waals surface area contributed by atoms with Crippen LogP contribution in [0.5, 0.6) is 0 Å². The maximum Gasteiger partial charge on any atom is 0.235 e. The molecule has 1 heterocycles. The Labute approximate surface area is 115 Å². The van der Waals surface area contributed by atoms with Crippen LogP contribution in [0, 0.1) is 5.41 Å². The molecule has 0 radical (unpaired) electrons. The Hall–Kier alpha value is -1.10. The molecule has 1 aliphatic heterocycles. The summed E-state index contributed by atoms with van der Waals surface area (Å²) >= 11 is 0. The second kappa shape index (κ2) is 5.90. The normalized spacial score (nSPS) is 20.2. The molecular weight excluding hydrogens is 244 g/mol. The van der Waals surface area contributed by atoms with Crippen LogP contribution in [0.1, 0.15) is 47.5 Å². The molecule has 0 saturated carbocycles. The molecule has 1 atom stereocenters. The van der Waals surface area contributed by atoms with Gasteiger partial charge in [0, 0.05) is 18.7 Å². The van der Waals surface area contributed by atoms with Gasteiger partial charge in [-0.3, -0.25) is 9.59 Å². The Kier molecular flexibility index (Phi) is 4.96. The highest BCUT2D eigenvalue weighted by atomic mass is 16.5. The molecule has 2 amide bonds. The van der Waals surface area contributed by atoms with Gasteiger partial charge < -0.3 is 15.4 Å². The van der Waals surface area contributed by atoms with Gasteiger partial charge in [-0.05, 0) is 47.5 Å². The molecule has 19 heavy (non-hydrogen) atoms. The van der Waals surface area contributed by atoms with Crippen molar-refractivity contribution in [1.82, 2.24) is 10.6 Å². The first kappa shape index (κ1) is 16.0. The van der Waals surface area contributed by atoms with Crippen LogP contribution in [0.4, 0.5) is 0 Å². The van der Waals surface area contributed by atoms with Gasteiger partial charge in [-0.15, -0.1) is 0 Å². The topological polar surface area (TPSA) is 67.4 Å². The minimum Gasteiger partial charge on any atom is -0.376 e. The van der Waals surface area contributed by atoms with Crippen molar-refractivity contribution in [2.45, 2.75) is 59.1 Å². The van der Waals surface area contributed by atoms with Crippen LogP contribution in [-0.2, 0) is 14.3 Å². The third-order valence-electron chi connectivity index (χ3n) is 3.14. The number of carbonyl (C=O) groups excluding carboxylic acids is 2. The minimum absolute atomic E-state index is 0.0884. The van der Waals surface area contributed by atoms with Gasteiger partial charge in [0.05, 0.1) is 6.10 Å². The maximum absolute atomic E-state index is 12.1. The largest absolute Gasteiger partial charge is 0.376 e. The number of hydrogen-bond donors (Lipinski definition) is 2. The summed E-state index contributed by atoms with van der Waals surface area (Å²) in [5, 5.41) is 5.64. The molecule has 1 aliphatic rings. The fourth-order valence-electron chi connectivity index (χ4n) is 1.83. The lowest BCUT2D eigenvalue weighted by Crippen LogP contribution is -2.53. The van der Waals surface area contributed by atoms with E-state index in [9.17, 15) is 9.59 Å². The predicted octanol–water partition coefficient (Wildman–Crippen LogP) is 1.22. The van der Waals surface area contributed by atoms with E-state index in [1.807, 2.05) is 20.8 Å². The summed E-state index contributed by atoms with van der Waals surface area (Å²) in [7, 11) is 0. The zero-order chi connectivity index (χ0) is 14.7. The monoisotopic (exact) mass is 270 g/mol. The van der Waals surface area contributed by atoms with Crippen LogP contribution in [0.2, 0.25) is 0 Å². The molecule has 0 aromatic heterocycles. The first-order valence-corrected chi connectivity index (χ1v) is 6.85. The summed E-state index contributed by atoms with van der Waals surface area (Å²) in [6.07, 6.45) is 2.09. The van der Waals surface area contributed by atoms with Crippen LogP contribution >= 0.6 is 0 Å². The lowest BCUT2D eigenvalue weighted by Gasteiger charge is -2.29. The van der Waals surface area contributed by atoms with E-state index in [0.717, 1.165) is 19.4 Å². The number of carbonyl (C=O) groups is 2. The number of amides is 2. The molecule has 0 aromatic rings. The van der Waals surface area contributed by atoms with Crippen LogP contribution in [-0.4, -0.2) is 36.6 Å². The highest BCUT2D eigenvalue weighted by Crippen LogP contribution is 2.18. The highest BCUT2D eigenvalue weighted by molar-refractivity contribution is 6.04. The summed E-state index contributed by atoms with van der Waals surface area (Å²) in [5.41, 5.74) is -1.42. The Bertz CT molecular complexity index is 339. The zero-order valence-corrected chi connectivity index (χ0v) is 12.6. The predicted molar refractivity (Wildman–Crippen MR) is 73.7 cm³/mol. The number of ether oxygens (including phenoxy) is 1. The van der Waals surface area contributed by atoms with Crippen molar-refractivity contribution in [3.8, 4) is 0 Å². The third-order valence-corrected chi connectivity index (χ3v) is 3.14. The van der Waals surface area contributed by atoms with Gasteiger partial charge >= 0.3 is 0 Å². The quantitative estimate of drug-likeness (QED) is 0.755. The van der Waals surface area contributed by atoms with Crippen molar-refractivity contribution >= 4 is 11.8 Å². The van der Waals surface area contributed by atoms with E-state index in [-0.39, 0.29) is 23.5 Å². The summed E-state index contributed by atoms with van der Waals surface area (Å²) < 4.78 is 5.44. The Morgan fingerprint density at radius 1 is 1.16 bits per heavy atom. The second-order valence-electron chi connectivity index (χ2n) is 6.67. The summed E-state index contributed by atoms with van der Waals surface area (Å²) in [5.74, 6) is -0.519. The van der Waals surface area contributed by atoms with Crippen molar-refractivity contribution in [2.24, 2.45) is 5.41 Å². The van der Waals surface area contributed by atoms with Crippen LogP contribution < -0.4 is 10.6 Å². The van der Waals surface area contributed by atoms with Crippen molar-refractivity contribution < 1.29 is 14.3 Å². The van der Waals surface area contributed by atoms with E-state index in [4.69, 9.17) is 4.74 Å². The van der Waals surface area contributed by atoms with Gasteiger partial charge in [-0.25, -0.2) is 0 Å². The molecule has 110 valence electrons. The summed E-state index contributed by atoms with van der Waals surface area (Å²) in [6, 6.07) is 0. The molecule has 1 saturated heterocycles. The SMILES string of the molecule is CC(C)(C)NC(=O)C(C)(C)C(=O)NCC1CCCO1. The van der Waals surface area contributed by atoms with Crippen LogP contribution in [0.25, 0.3) is 0 Å². The summed E-state index contributed by atoms with van der Waals surface area (Å²) in [6.45, 7) is 10.2. The highest BCUT2D eigenvalue weighted by Gasteiger charge is 2.37. The molecule has 5 nitrogen and oxygen atoms in total. The van der Waals surface area contributed by atoms with E-state index < -0.39 is 5.41 Å². The average molecular weight is 270 g/mol. The van der Waals surface area contributed by atoms with E-state index in [0.29, 0.717) is 6.54 Å².